The zero-order chi connectivity index (χ0) is 11.2. The first-order valence-electron chi connectivity index (χ1n) is 5.02. The van der Waals surface area contributed by atoms with Gasteiger partial charge in [0.1, 0.15) is 5.76 Å². The molecular formula is C13H12N2O. The van der Waals surface area contributed by atoms with Gasteiger partial charge in [0.15, 0.2) is 0 Å². The Morgan fingerprint density at radius 1 is 1.00 bits per heavy atom. The lowest BCUT2D eigenvalue weighted by Gasteiger charge is -1.95. The summed E-state index contributed by atoms with van der Waals surface area (Å²) in [6.07, 6.45) is 4.91. The van der Waals surface area contributed by atoms with Gasteiger partial charge in [-0.05, 0) is 30.2 Å². The van der Waals surface area contributed by atoms with E-state index in [1.807, 2.05) is 43.3 Å². The van der Waals surface area contributed by atoms with Crippen molar-refractivity contribution in [1.82, 2.24) is 0 Å². The summed E-state index contributed by atoms with van der Waals surface area (Å²) in [4.78, 5) is 0. The van der Waals surface area contributed by atoms with Crippen LogP contribution in [0.15, 0.2) is 57.3 Å². The van der Waals surface area contributed by atoms with E-state index in [4.69, 9.17) is 4.42 Å². The highest BCUT2D eigenvalue weighted by Crippen LogP contribution is 2.03. The molecule has 2 aromatic rings. The van der Waals surface area contributed by atoms with Crippen molar-refractivity contribution in [1.29, 1.82) is 0 Å². The minimum atomic E-state index is 0.696. The van der Waals surface area contributed by atoms with E-state index in [2.05, 4.69) is 10.2 Å². The molecule has 0 atom stereocenters. The van der Waals surface area contributed by atoms with Gasteiger partial charge in [-0.2, -0.15) is 10.2 Å². The molecule has 0 saturated carbocycles. The van der Waals surface area contributed by atoms with Gasteiger partial charge in [0.2, 0.25) is 0 Å². The number of rotatable bonds is 3. The third-order valence-electron chi connectivity index (χ3n) is 2.18. The van der Waals surface area contributed by atoms with E-state index in [0.29, 0.717) is 5.76 Å². The zero-order valence-corrected chi connectivity index (χ0v) is 9.00. The summed E-state index contributed by atoms with van der Waals surface area (Å²) in [5, 5.41) is 7.86. The summed E-state index contributed by atoms with van der Waals surface area (Å²) >= 11 is 0. The average molecular weight is 212 g/mol. The zero-order valence-electron chi connectivity index (χ0n) is 9.00. The lowest BCUT2D eigenvalue weighted by Crippen LogP contribution is -1.84. The van der Waals surface area contributed by atoms with Crippen molar-refractivity contribution in [2.24, 2.45) is 10.2 Å². The van der Waals surface area contributed by atoms with Crippen LogP contribution in [0.5, 0.6) is 0 Å². The van der Waals surface area contributed by atoms with E-state index in [0.717, 1.165) is 5.56 Å². The molecule has 0 fully saturated rings. The van der Waals surface area contributed by atoms with Crippen LogP contribution in [0.3, 0.4) is 0 Å². The van der Waals surface area contributed by atoms with Gasteiger partial charge < -0.3 is 4.42 Å². The second kappa shape index (κ2) is 5.07. The Balaban J connectivity index is 2.03. The molecule has 0 unspecified atom stereocenters. The Morgan fingerprint density at radius 2 is 1.81 bits per heavy atom. The summed E-state index contributed by atoms with van der Waals surface area (Å²) < 4.78 is 5.09. The van der Waals surface area contributed by atoms with E-state index < -0.39 is 0 Å². The monoisotopic (exact) mass is 212 g/mol. The largest absolute Gasteiger partial charge is 0.463 e. The van der Waals surface area contributed by atoms with Crippen LogP contribution < -0.4 is 0 Å². The van der Waals surface area contributed by atoms with Crippen LogP contribution in [-0.4, -0.2) is 12.4 Å². The molecule has 1 aromatic heterocycles. The predicted molar refractivity (Wildman–Crippen MR) is 65.1 cm³/mol. The molecule has 0 aliphatic carbocycles. The Kier molecular flexibility index (Phi) is 3.28. The van der Waals surface area contributed by atoms with E-state index in [1.54, 1.807) is 18.7 Å². The Morgan fingerprint density at radius 3 is 2.56 bits per heavy atom. The number of aryl methyl sites for hydroxylation is 1. The first-order valence-corrected chi connectivity index (χ1v) is 5.02. The van der Waals surface area contributed by atoms with Gasteiger partial charge in [-0.25, -0.2) is 0 Å². The van der Waals surface area contributed by atoms with E-state index >= 15 is 0 Å². The molecule has 0 radical (unpaired) electrons. The van der Waals surface area contributed by atoms with Crippen molar-refractivity contribution in [3.8, 4) is 0 Å². The number of benzene rings is 1. The maximum absolute atomic E-state index is 5.09. The molecule has 1 aromatic carbocycles. The Bertz CT molecular complexity index is 498. The molecule has 0 spiro atoms. The Hall–Kier alpha value is -2.16. The van der Waals surface area contributed by atoms with Crippen LogP contribution in [0.1, 0.15) is 16.9 Å². The maximum atomic E-state index is 5.09. The number of nitrogens with zero attached hydrogens (tertiary/aromatic N) is 2. The minimum Gasteiger partial charge on any atom is -0.463 e. The summed E-state index contributed by atoms with van der Waals surface area (Å²) in [5.74, 6) is 0.696. The molecule has 16 heavy (non-hydrogen) atoms. The first kappa shape index (κ1) is 10.4. The standard InChI is InChI=1S/C13H12N2O/c1-11-5-2-3-6-12(11)9-14-15-10-13-7-4-8-16-13/h2-10H,1H3/b14-9?,15-10+. The molecule has 2 rings (SSSR count). The fraction of sp³-hybridized carbons (Fsp3) is 0.0769. The van der Waals surface area contributed by atoms with Crippen molar-refractivity contribution in [2.75, 3.05) is 0 Å². The Labute approximate surface area is 94.1 Å². The fourth-order valence-corrected chi connectivity index (χ4v) is 1.28. The second-order valence-electron chi connectivity index (χ2n) is 3.36. The van der Waals surface area contributed by atoms with Gasteiger partial charge >= 0.3 is 0 Å². The third kappa shape index (κ3) is 2.67. The molecule has 0 amide bonds. The topological polar surface area (TPSA) is 37.9 Å². The van der Waals surface area contributed by atoms with Gasteiger partial charge in [-0.3, -0.25) is 0 Å². The normalized spacial score (nSPS) is 11.6. The van der Waals surface area contributed by atoms with Gasteiger partial charge in [0.25, 0.3) is 0 Å². The van der Waals surface area contributed by atoms with Crippen molar-refractivity contribution in [3.63, 3.8) is 0 Å². The summed E-state index contributed by atoms with van der Waals surface area (Å²) in [6, 6.07) is 11.7. The van der Waals surface area contributed by atoms with Crippen LogP contribution in [0.2, 0.25) is 0 Å². The average Bonchev–Trinajstić information content (AvgIpc) is 2.79. The minimum absolute atomic E-state index is 0.696. The van der Waals surface area contributed by atoms with Crippen LogP contribution in [0.25, 0.3) is 0 Å². The molecule has 0 aliphatic rings. The smallest absolute Gasteiger partial charge is 0.146 e. The summed E-state index contributed by atoms with van der Waals surface area (Å²) in [5.41, 5.74) is 2.25. The SMILES string of the molecule is Cc1ccccc1C=N/N=C/c1ccco1. The number of hydrogen-bond acceptors (Lipinski definition) is 3. The van der Waals surface area contributed by atoms with Crippen LogP contribution in [0.4, 0.5) is 0 Å². The molecule has 0 bridgehead atoms. The third-order valence-corrected chi connectivity index (χ3v) is 2.18. The number of furan rings is 1. The predicted octanol–water partition coefficient (Wildman–Crippen LogP) is 3.04. The summed E-state index contributed by atoms with van der Waals surface area (Å²) in [7, 11) is 0. The van der Waals surface area contributed by atoms with Crippen molar-refractivity contribution in [2.45, 2.75) is 6.92 Å². The van der Waals surface area contributed by atoms with Gasteiger partial charge in [-0.1, -0.05) is 24.3 Å². The lowest BCUT2D eigenvalue weighted by atomic mass is 10.1. The molecule has 0 N–H and O–H groups in total. The molecule has 3 nitrogen and oxygen atoms in total. The van der Waals surface area contributed by atoms with Crippen molar-refractivity contribution in [3.05, 3.63) is 59.5 Å². The van der Waals surface area contributed by atoms with Gasteiger partial charge in [0, 0.05) is 0 Å². The fourth-order valence-electron chi connectivity index (χ4n) is 1.28. The van der Waals surface area contributed by atoms with Crippen LogP contribution in [-0.2, 0) is 0 Å². The quantitative estimate of drug-likeness (QED) is 0.569. The van der Waals surface area contributed by atoms with Gasteiger partial charge in [0.05, 0.1) is 18.7 Å². The van der Waals surface area contributed by atoms with Crippen LogP contribution in [0, 0.1) is 6.92 Å². The van der Waals surface area contributed by atoms with Gasteiger partial charge in [-0.15, -0.1) is 0 Å². The summed E-state index contributed by atoms with van der Waals surface area (Å²) in [6.45, 7) is 2.04. The molecule has 0 aliphatic heterocycles. The molecular weight excluding hydrogens is 200 g/mol. The highest BCUT2D eigenvalue weighted by atomic mass is 16.3. The molecule has 0 saturated heterocycles. The lowest BCUT2D eigenvalue weighted by molar-refractivity contribution is 0.560. The molecule has 80 valence electrons. The maximum Gasteiger partial charge on any atom is 0.146 e. The van der Waals surface area contributed by atoms with E-state index in [1.165, 1.54) is 5.56 Å². The molecule has 1 heterocycles. The van der Waals surface area contributed by atoms with Crippen molar-refractivity contribution >= 4 is 12.4 Å². The van der Waals surface area contributed by atoms with E-state index in [-0.39, 0.29) is 0 Å². The number of hydrogen-bond donors (Lipinski definition) is 0. The van der Waals surface area contributed by atoms with Crippen molar-refractivity contribution < 1.29 is 4.42 Å². The highest BCUT2D eigenvalue weighted by molar-refractivity contribution is 5.82. The van der Waals surface area contributed by atoms with Crippen LogP contribution >= 0.6 is 0 Å². The first-order chi connectivity index (χ1) is 7.86. The van der Waals surface area contributed by atoms with E-state index in [9.17, 15) is 0 Å². The highest BCUT2D eigenvalue weighted by Gasteiger charge is 1.91. The molecule has 3 heteroatoms. The second-order valence-corrected chi connectivity index (χ2v) is 3.36.